The van der Waals surface area contributed by atoms with Crippen LogP contribution in [0.3, 0.4) is 0 Å². The van der Waals surface area contributed by atoms with Crippen molar-refractivity contribution in [3.8, 4) is 11.5 Å². The molecule has 0 aromatic heterocycles. The summed E-state index contributed by atoms with van der Waals surface area (Å²) in [5.41, 5.74) is 7.57. The van der Waals surface area contributed by atoms with E-state index in [1.54, 1.807) is 7.11 Å². The summed E-state index contributed by atoms with van der Waals surface area (Å²) in [5, 5.41) is 10.3. The van der Waals surface area contributed by atoms with E-state index in [0.717, 1.165) is 28.4 Å². The van der Waals surface area contributed by atoms with E-state index in [4.69, 9.17) is 10.5 Å². The van der Waals surface area contributed by atoms with Gasteiger partial charge in [-0.2, -0.15) is 0 Å². The third kappa shape index (κ3) is 1.83. The van der Waals surface area contributed by atoms with Gasteiger partial charge in [0.15, 0.2) is 0 Å². The number of halogens is 1. The molecule has 1 aromatic rings. The maximum absolute atomic E-state index is 10.3. The van der Waals surface area contributed by atoms with Crippen LogP contribution in [-0.4, -0.2) is 18.8 Å². The number of phenols is 1. The highest BCUT2D eigenvalue weighted by molar-refractivity contribution is 9.10. The Bertz CT molecular complexity index is 436. The van der Waals surface area contributed by atoms with Crippen molar-refractivity contribution >= 4 is 15.9 Å². The standard InChI is InChI=1S/C13H18BrNO2/c1-8-11(16)9(6-10(14)12(8)17-2)13(7-15)4-3-5-13/h6,16H,3-5,7,15H2,1-2H3. The molecule has 0 bridgehead atoms. The summed E-state index contributed by atoms with van der Waals surface area (Å²) in [7, 11) is 1.61. The Kier molecular flexibility index (Phi) is 3.36. The molecule has 94 valence electrons. The predicted molar refractivity (Wildman–Crippen MR) is 71.7 cm³/mol. The van der Waals surface area contributed by atoms with Gasteiger partial charge in [0, 0.05) is 23.1 Å². The van der Waals surface area contributed by atoms with Crippen LogP contribution in [0.25, 0.3) is 0 Å². The van der Waals surface area contributed by atoms with E-state index in [1.807, 2.05) is 13.0 Å². The molecule has 0 unspecified atom stereocenters. The zero-order valence-electron chi connectivity index (χ0n) is 10.2. The zero-order chi connectivity index (χ0) is 12.6. The molecule has 0 aliphatic heterocycles. The van der Waals surface area contributed by atoms with Crippen molar-refractivity contribution in [2.45, 2.75) is 31.6 Å². The fraction of sp³-hybridized carbons (Fsp3) is 0.538. The third-order valence-corrected chi connectivity index (χ3v) is 4.50. The van der Waals surface area contributed by atoms with Gasteiger partial charge in [0.05, 0.1) is 11.6 Å². The van der Waals surface area contributed by atoms with Gasteiger partial charge in [-0.15, -0.1) is 0 Å². The molecule has 17 heavy (non-hydrogen) atoms. The van der Waals surface area contributed by atoms with E-state index in [2.05, 4.69) is 15.9 Å². The highest BCUT2D eigenvalue weighted by Crippen LogP contribution is 2.50. The minimum absolute atomic E-state index is 0.0381. The van der Waals surface area contributed by atoms with Crippen molar-refractivity contribution in [2.75, 3.05) is 13.7 Å². The molecule has 0 saturated heterocycles. The molecule has 3 N–H and O–H groups in total. The molecule has 0 heterocycles. The summed E-state index contributed by atoms with van der Waals surface area (Å²) in [4.78, 5) is 0. The van der Waals surface area contributed by atoms with Crippen LogP contribution in [0.15, 0.2) is 10.5 Å². The Balaban J connectivity index is 2.56. The lowest BCUT2D eigenvalue weighted by Crippen LogP contribution is -2.41. The number of hydrogen-bond donors (Lipinski definition) is 2. The minimum atomic E-state index is -0.0381. The van der Waals surface area contributed by atoms with Gasteiger partial charge in [-0.05, 0) is 41.8 Å². The first-order valence-electron chi connectivity index (χ1n) is 5.82. The third-order valence-electron chi connectivity index (χ3n) is 3.92. The summed E-state index contributed by atoms with van der Waals surface area (Å²) in [6.45, 7) is 2.45. The first-order valence-corrected chi connectivity index (χ1v) is 6.61. The number of nitrogens with two attached hydrogens (primary N) is 1. The summed E-state index contributed by atoms with van der Waals surface area (Å²) < 4.78 is 6.15. The second-order valence-corrected chi connectivity index (χ2v) is 5.61. The Labute approximate surface area is 110 Å². The second-order valence-electron chi connectivity index (χ2n) is 4.75. The smallest absolute Gasteiger partial charge is 0.139 e. The Hall–Kier alpha value is -0.740. The van der Waals surface area contributed by atoms with Crippen molar-refractivity contribution in [1.82, 2.24) is 0 Å². The predicted octanol–water partition coefficient (Wildman–Crippen LogP) is 2.85. The highest BCUT2D eigenvalue weighted by Gasteiger charge is 2.40. The maximum Gasteiger partial charge on any atom is 0.139 e. The Morgan fingerprint density at radius 3 is 2.59 bits per heavy atom. The van der Waals surface area contributed by atoms with Crippen LogP contribution in [0.2, 0.25) is 0 Å². The van der Waals surface area contributed by atoms with E-state index in [1.165, 1.54) is 6.42 Å². The number of aromatic hydroxyl groups is 1. The number of methoxy groups -OCH3 is 1. The van der Waals surface area contributed by atoms with Gasteiger partial charge in [-0.25, -0.2) is 0 Å². The molecule has 2 rings (SSSR count). The lowest BCUT2D eigenvalue weighted by molar-refractivity contribution is 0.244. The normalized spacial score (nSPS) is 17.6. The summed E-state index contributed by atoms with van der Waals surface area (Å²) in [6, 6.07) is 1.95. The van der Waals surface area contributed by atoms with Crippen molar-refractivity contribution < 1.29 is 9.84 Å². The SMILES string of the molecule is COc1c(Br)cc(C2(CN)CCC2)c(O)c1C. The molecular formula is C13H18BrNO2. The molecule has 1 saturated carbocycles. The molecular weight excluding hydrogens is 282 g/mol. The number of phenolic OH excluding ortho intramolecular Hbond substituents is 1. The van der Waals surface area contributed by atoms with Gasteiger partial charge in [0.2, 0.25) is 0 Å². The van der Waals surface area contributed by atoms with Gasteiger partial charge in [0.1, 0.15) is 11.5 Å². The molecule has 1 aliphatic rings. The van der Waals surface area contributed by atoms with Crippen molar-refractivity contribution in [3.05, 3.63) is 21.7 Å². The van der Waals surface area contributed by atoms with E-state index < -0.39 is 0 Å². The largest absolute Gasteiger partial charge is 0.507 e. The Morgan fingerprint density at radius 2 is 2.18 bits per heavy atom. The van der Waals surface area contributed by atoms with Crippen molar-refractivity contribution in [1.29, 1.82) is 0 Å². The Morgan fingerprint density at radius 1 is 1.53 bits per heavy atom. The summed E-state index contributed by atoms with van der Waals surface area (Å²) in [6.07, 6.45) is 3.28. The summed E-state index contributed by atoms with van der Waals surface area (Å²) >= 11 is 3.49. The first kappa shape index (κ1) is 12.7. The molecule has 0 spiro atoms. The van der Waals surface area contributed by atoms with Crippen LogP contribution in [0.4, 0.5) is 0 Å². The molecule has 3 nitrogen and oxygen atoms in total. The number of hydrogen-bond acceptors (Lipinski definition) is 3. The number of rotatable bonds is 3. The van der Waals surface area contributed by atoms with Crippen LogP contribution in [0, 0.1) is 6.92 Å². The fourth-order valence-corrected chi connectivity index (χ4v) is 3.28. The average molecular weight is 300 g/mol. The number of benzene rings is 1. The highest BCUT2D eigenvalue weighted by atomic mass is 79.9. The minimum Gasteiger partial charge on any atom is -0.507 e. The molecule has 4 heteroatoms. The van der Waals surface area contributed by atoms with Gasteiger partial charge in [0.25, 0.3) is 0 Å². The topological polar surface area (TPSA) is 55.5 Å². The van der Waals surface area contributed by atoms with E-state index >= 15 is 0 Å². The van der Waals surface area contributed by atoms with E-state index in [9.17, 15) is 5.11 Å². The lowest BCUT2D eigenvalue weighted by Gasteiger charge is -2.42. The van der Waals surface area contributed by atoms with E-state index in [0.29, 0.717) is 18.0 Å². The van der Waals surface area contributed by atoms with Crippen LogP contribution < -0.4 is 10.5 Å². The number of ether oxygens (including phenoxy) is 1. The maximum atomic E-state index is 10.3. The second kappa shape index (κ2) is 4.50. The van der Waals surface area contributed by atoms with Crippen LogP contribution in [-0.2, 0) is 5.41 Å². The molecule has 0 amide bonds. The van der Waals surface area contributed by atoms with Gasteiger partial charge in [-0.1, -0.05) is 6.42 Å². The fourth-order valence-electron chi connectivity index (χ4n) is 2.59. The zero-order valence-corrected chi connectivity index (χ0v) is 11.8. The van der Waals surface area contributed by atoms with Crippen molar-refractivity contribution in [2.24, 2.45) is 5.73 Å². The van der Waals surface area contributed by atoms with Gasteiger partial charge >= 0.3 is 0 Å². The molecule has 0 atom stereocenters. The van der Waals surface area contributed by atoms with Crippen LogP contribution in [0.1, 0.15) is 30.4 Å². The van der Waals surface area contributed by atoms with Gasteiger partial charge in [-0.3, -0.25) is 0 Å². The van der Waals surface area contributed by atoms with E-state index in [-0.39, 0.29) is 5.41 Å². The van der Waals surface area contributed by atoms with Crippen LogP contribution >= 0.6 is 15.9 Å². The molecule has 1 aromatic carbocycles. The first-order chi connectivity index (χ1) is 8.05. The molecule has 1 aliphatic carbocycles. The quantitative estimate of drug-likeness (QED) is 0.902. The molecule has 1 fully saturated rings. The van der Waals surface area contributed by atoms with Crippen molar-refractivity contribution in [3.63, 3.8) is 0 Å². The molecule has 0 radical (unpaired) electrons. The monoisotopic (exact) mass is 299 g/mol. The lowest BCUT2D eigenvalue weighted by atomic mass is 9.64. The van der Waals surface area contributed by atoms with Gasteiger partial charge < -0.3 is 15.6 Å². The average Bonchev–Trinajstić information content (AvgIpc) is 2.25. The van der Waals surface area contributed by atoms with Crippen LogP contribution in [0.5, 0.6) is 11.5 Å². The summed E-state index contributed by atoms with van der Waals surface area (Å²) in [5.74, 6) is 1.02.